The van der Waals surface area contributed by atoms with Gasteiger partial charge in [-0.2, -0.15) is 0 Å². The zero-order valence-electron chi connectivity index (χ0n) is 19.4. The highest BCUT2D eigenvalue weighted by atomic mass is 16.6. The van der Waals surface area contributed by atoms with Crippen LogP contribution in [0, 0.1) is 0 Å². The number of rotatable bonds is 3. The highest BCUT2D eigenvalue weighted by Crippen LogP contribution is 2.28. The molecule has 33 heavy (non-hydrogen) atoms. The first-order valence-corrected chi connectivity index (χ1v) is 11.0. The molecule has 1 aliphatic rings. The largest absolute Gasteiger partial charge is 0.487 e. The van der Waals surface area contributed by atoms with Crippen molar-refractivity contribution in [2.45, 2.75) is 32.5 Å². The van der Waals surface area contributed by atoms with Crippen LogP contribution in [0.5, 0.6) is 23.0 Å². The van der Waals surface area contributed by atoms with Crippen molar-refractivity contribution in [3.05, 3.63) is 48.5 Å². The van der Waals surface area contributed by atoms with E-state index >= 15 is 0 Å². The minimum atomic E-state index is -0.593. The molecule has 2 aromatic rings. The van der Waals surface area contributed by atoms with Crippen LogP contribution >= 0.6 is 0 Å². The Morgan fingerprint density at radius 3 is 1.70 bits per heavy atom. The lowest BCUT2D eigenvalue weighted by Gasteiger charge is -2.23. The summed E-state index contributed by atoms with van der Waals surface area (Å²) in [5.74, 6) is 1.88. The fourth-order valence-corrected chi connectivity index (χ4v) is 2.97. The van der Waals surface area contributed by atoms with Crippen molar-refractivity contribution in [3.8, 4) is 23.0 Å². The Bertz CT molecular complexity index is 821. The molecule has 3 rings (SSSR count). The van der Waals surface area contributed by atoms with Gasteiger partial charge in [0.25, 0.3) is 0 Å². The Morgan fingerprint density at radius 2 is 1.24 bits per heavy atom. The zero-order chi connectivity index (χ0) is 23.5. The molecule has 8 nitrogen and oxygen atoms in total. The van der Waals surface area contributed by atoms with Gasteiger partial charge in [0.15, 0.2) is 23.0 Å². The second-order valence-corrected chi connectivity index (χ2v) is 8.34. The molecule has 0 saturated heterocycles. The van der Waals surface area contributed by atoms with Gasteiger partial charge in [0.05, 0.1) is 13.2 Å². The predicted octanol–water partition coefficient (Wildman–Crippen LogP) is 3.66. The Hall–Kier alpha value is -2.97. The standard InChI is InChI=1S/C25H32O8/c1-25(2,3)33-24(26)18-30-19-16-31-22-10-6-4-8-20(22)28-14-12-27-13-15-29-21-9-5-7-11-23(21)32-17-19/h4-11,19H,12-18H2,1-3H3. The number of hydrogen-bond donors (Lipinski definition) is 0. The molecule has 0 unspecified atom stereocenters. The van der Waals surface area contributed by atoms with Crippen molar-refractivity contribution >= 4 is 5.97 Å². The van der Waals surface area contributed by atoms with Gasteiger partial charge in [0.1, 0.15) is 44.7 Å². The van der Waals surface area contributed by atoms with Crippen LogP contribution in [0.1, 0.15) is 20.8 Å². The van der Waals surface area contributed by atoms with Crippen LogP contribution in [-0.2, 0) is 19.0 Å². The lowest BCUT2D eigenvalue weighted by molar-refractivity contribution is -0.163. The molecular formula is C25H32O8. The number of carbonyl (C=O) groups is 1. The molecule has 0 N–H and O–H groups in total. The van der Waals surface area contributed by atoms with Gasteiger partial charge >= 0.3 is 5.97 Å². The number of carbonyl (C=O) groups excluding carboxylic acids is 1. The quantitative estimate of drug-likeness (QED) is 0.642. The molecule has 0 aliphatic carbocycles. The van der Waals surface area contributed by atoms with E-state index in [0.717, 1.165) is 0 Å². The van der Waals surface area contributed by atoms with E-state index in [1.165, 1.54) is 0 Å². The lowest BCUT2D eigenvalue weighted by Crippen LogP contribution is -2.33. The summed E-state index contributed by atoms with van der Waals surface area (Å²) >= 11 is 0. The fourth-order valence-electron chi connectivity index (χ4n) is 2.97. The molecule has 180 valence electrons. The van der Waals surface area contributed by atoms with E-state index in [1.807, 2.05) is 69.3 Å². The first-order valence-electron chi connectivity index (χ1n) is 11.0. The van der Waals surface area contributed by atoms with Gasteiger partial charge in [-0.3, -0.25) is 0 Å². The smallest absolute Gasteiger partial charge is 0.332 e. The molecule has 0 radical (unpaired) electrons. The first-order chi connectivity index (χ1) is 15.9. The average molecular weight is 461 g/mol. The van der Waals surface area contributed by atoms with Gasteiger partial charge < -0.3 is 33.2 Å². The normalized spacial score (nSPS) is 16.1. The maximum absolute atomic E-state index is 12.1. The molecule has 0 atom stereocenters. The molecule has 1 heterocycles. The minimum absolute atomic E-state index is 0.142. The lowest BCUT2D eigenvalue weighted by atomic mass is 10.2. The third-order valence-electron chi connectivity index (χ3n) is 4.38. The van der Waals surface area contributed by atoms with E-state index < -0.39 is 17.7 Å². The Labute approximate surface area is 194 Å². The van der Waals surface area contributed by atoms with Crippen LogP contribution in [0.3, 0.4) is 0 Å². The molecule has 0 aromatic heterocycles. The number of hydrogen-bond acceptors (Lipinski definition) is 8. The number of para-hydroxylation sites is 4. The molecule has 0 fully saturated rings. The van der Waals surface area contributed by atoms with Gasteiger partial charge in [0.2, 0.25) is 0 Å². The van der Waals surface area contributed by atoms with Gasteiger partial charge in [-0.1, -0.05) is 24.3 Å². The van der Waals surface area contributed by atoms with Crippen LogP contribution in [0.4, 0.5) is 0 Å². The van der Waals surface area contributed by atoms with Gasteiger partial charge in [-0.25, -0.2) is 4.79 Å². The zero-order valence-corrected chi connectivity index (χ0v) is 19.4. The highest BCUT2D eigenvalue weighted by molar-refractivity contribution is 5.71. The van der Waals surface area contributed by atoms with Gasteiger partial charge in [-0.15, -0.1) is 0 Å². The monoisotopic (exact) mass is 460 g/mol. The van der Waals surface area contributed by atoms with E-state index in [9.17, 15) is 4.79 Å². The second kappa shape index (κ2) is 12.3. The first kappa shape index (κ1) is 24.7. The number of esters is 1. The minimum Gasteiger partial charge on any atom is -0.487 e. The molecule has 8 heteroatoms. The van der Waals surface area contributed by atoms with Crippen molar-refractivity contribution in [2.75, 3.05) is 46.2 Å². The average Bonchev–Trinajstić information content (AvgIpc) is 2.77. The van der Waals surface area contributed by atoms with Crippen molar-refractivity contribution in [1.82, 2.24) is 0 Å². The van der Waals surface area contributed by atoms with Crippen molar-refractivity contribution in [1.29, 1.82) is 0 Å². The van der Waals surface area contributed by atoms with E-state index in [0.29, 0.717) is 49.4 Å². The predicted molar refractivity (Wildman–Crippen MR) is 121 cm³/mol. The summed E-state index contributed by atoms with van der Waals surface area (Å²) in [7, 11) is 0. The van der Waals surface area contributed by atoms with E-state index in [2.05, 4.69) is 0 Å². The van der Waals surface area contributed by atoms with E-state index in [4.69, 9.17) is 33.2 Å². The van der Waals surface area contributed by atoms with Gasteiger partial charge in [0, 0.05) is 0 Å². The summed E-state index contributed by atoms with van der Waals surface area (Å²) in [4.78, 5) is 12.1. The highest BCUT2D eigenvalue weighted by Gasteiger charge is 2.20. The Morgan fingerprint density at radius 1 is 0.788 bits per heavy atom. The SMILES string of the molecule is CC(C)(C)OC(=O)COC1COc2ccccc2OCCOCCOc2ccccc2OC1. The summed E-state index contributed by atoms with van der Waals surface area (Å²) < 4.78 is 40.2. The van der Waals surface area contributed by atoms with Crippen molar-refractivity contribution < 1.29 is 38.0 Å². The van der Waals surface area contributed by atoms with Crippen LogP contribution in [0.15, 0.2) is 48.5 Å². The third kappa shape index (κ3) is 8.82. The third-order valence-corrected chi connectivity index (χ3v) is 4.38. The topological polar surface area (TPSA) is 81.7 Å². The summed E-state index contributed by atoms with van der Waals surface area (Å²) in [6.07, 6.45) is -0.546. The van der Waals surface area contributed by atoms with Crippen LogP contribution in [0.25, 0.3) is 0 Å². The molecular weight excluding hydrogens is 428 g/mol. The summed E-state index contributed by atoms with van der Waals surface area (Å²) in [6.45, 7) is 7.06. The maximum Gasteiger partial charge on any atom is 0.332 e. The number of fused-ring (bicyclic) bond motifs is 2. The molecule has 2 aromatic carbocycles. The van der Waals surface area contributed by atoms with Crippen LogP contribution in [-0.4, -0.2) is 63.9 Å². The van der Waals surface area contributed by atoms with E-state index in [-0.39, 0.29) is 19.8 Å². The van der Waals surface area contributed by atoms with Crippen LogP contribution < -0.4 is 18.9 Å². The second-order valence-electron chi connectivity index (χ2n) is 8.34. The Balaban J connectivity index is 1.72. The van der Waals surface area contributed by atoms with Crippen LogP contribution in [0.2, 0.25) is 0 Å². The molecule has 0 bridgehead atoms. The van der Waals surface area contributed by atoms with E-state index in [1.54, 1.807) is 0 Å². The molecule has 0 spiro atoms. The number of benzene rings is 2. The molecule has 0 amide bonds. The molecule has 0 saturated carbocycles. The van der Waals surface area contributed by atoms with Gasteiger partial charge in [-0.05, 0) is 45.0 Å². The maximum atomic E-state index is 12.1. The summed E-state index contributed by atoms with van der Waals surface area (Å²) in [5, 5.41) is 0. The number of ether oxygens (including phenoxy) is 7. The Kier molecular flexibility index (Phi) is 9.21. The van der Waals surface area contributed by atoms with Crippen molar-refractivity contribution in [3.63, 3.8) is 0 Å². The van der Waals surface area contributed by atoms with Crippen molar-refractivity contribution in [2.24, 2.45) is 0 Å². The fraction of sp³-hybridized carbons (Fsp3) is 0.480. The molecule has 1 aliphatic heterocycles. The summed E-state index contributed by atoms with van der Waals surface area (Å²) in [6, 6.07) is 14.7. The summed E-state index contributed by atoms with van der Waals surface area (Å²) in [5.41, 5.74) is -0.593.